The van der Waals surface area contributed by atoms with E-state index in [0.29, 0.717) is 25.2 Å². The van der Waals surface area contributed by atoms with E-state index in [4.69, 9.17) is 9.47 Å². The van der Waals surface area contributed by atoms with Gasteiger partial charge in [0.2, 0.25) is 0 Å². The summed E-state index contributed by atoms with van der Waals surface area (Å²) in [5.74, 6) is 2.29. The Balaban J connectivity index is 1.62. The maximum absolute atomic E-state index is 13.4. The maximum Gasteiger partial charge on any atom is 0.166 e. The molecule has 4 heteroatoms. The first-order valence-corrected chi connectivity index (χ1v) is 12.3. The van der Waals surface area contributed by atoms with Crippen LogP contribution in [-0.4, -0.2) is 50.2 Å². The van der Waals surface area contributed by atoms with Crippen molar-refractivity contribution in [2.75, 3.05) is 39.9 Å². The summed E-state index contributed by atoms with van der Waals surface area (Å²) in [4.78, 5) is 13.4. The van der Waals surface area contributed by atoms with Crippen LogP contribution in [0.25, 0.3) is 0 Å². The normalized spacial score (nSPS) is 21.9. The molecule has 0 aliphatic carbocycles. The molecule has 1 aliphatic rings. The van der Waals surface area contributed by atoms with E-state index in [1.165, 1.54) is 19.5 Å². The number of carbonyl (C=O) groups excluding carboxylic acids is 1. The molecule has 0 saturated carbocycles. The van der Waals surface area contributed by atoms with Crippen LogP contribution in [0.5, 0.6) is 5.75 Å². The van der Waals surface area contributed by atoms with Gasteiger partial charge in [0.05, 0.1) is 32.5 Å². The Labute approximate surface area is 199 Å². The van der Waals surface area contributed by atoms with Crippen LogP contribution < -0.4 is 4.74 Å². The molecule has 1 fully saturated rings. The third-order valence-electron chi connectivity index (χ3n) is 6.99. The first-order chi connectivity index (χ1) is 15.8. The van der Waals surface area contributed by atoms with Gasteiger partial charge in [-0.05, 0) is 36.8 Å². The van der Waals surface area contributed by atoms with E-state index in [-0.39, 0.29) is 17.6 Å². The molecule has 1 aliphatic heterocycles. The minimum absolute atomic E-state index is 0.0148. The van der Waals surface area contributed by atoms with Crippen molar-refractivity contribution in [2.24, 2.45) is 11.8 Å². The smallest absolute Gasteiger partial charge is 0.166 e. The van der Waals surface area contributed by atoms with Gasteiger partial charge in [-0.15, -0.1) is 0 Å². The van der Waals surface area contributed by atoms with E-state index in [1.54, 1.807) is 0 Å². The lowest BCUT2D eigenvalue weighted by molar-refractivity contribution is -0.899. The zero-order chi connectivity index (χ0) is 23.8. The van der Waals surface area contributed by atoms with Gasteiger partial charge < -0.3 is 14.0 Å². The maximum atomic E-state index is 13.4. The third kappa shape index (κ3) is 6.94. The van der Waals surface area contributed by atoms with Crippen LogP contribution in [-0.2, 0) is 4.74 Å². The van der Waals surface area contributed by atoms with Crippen LogP contribution in [0.1, 0.15) is 55.5 Å². The standard InChI is InChI=1S/C29H40NO3/c1-6-32-23(3)20-28(25-10-8-7-9-11-25)24(4)29(31)26-12-14-27(15-13-26)33-19-18-30(5)17-16-22(2)21-30/h7-15,22,24,28H,3,6,16-21H2,1-2,4-5H3/q+1. The number of quaternary nitrogens is 1. The number of nitrogens with zero attached hydrogens (tertiary/aromatic N) is 1. The van der Waals surface area contributed by atoms with Gasteiger partial charge in [-0.3, -0.25) is 4.79 Å². The van der Waals surface area contributed by atoms with Crippen LogP contribution in [0, 0.1) is 11.8 Å². The first-order valence-electron chi connectivity index (χ1n) is 12.3. The molecule has 0 bridgehead atoms. The van der Waals surface area contributed by atoms with E-state index < -0.39 is 0 Å². The molecule has 4 atom stereocenters. The van der Waals surface area contributed by atoms with Crippen LogP contribution in [0.15, 0.2) is 66.9 Å². The predicted octanol–water partition coefficient (Wildman–Crippen LogP) is 6.09. The average molecular weight is 451 g/mol. The molecule has 178 valence electrons. The van der Waals surface area contributed by atoms with Crippen molar-refractivity contribution in [1.82, 2.24) is 0 Å². The van der Waals surface area contributed by atoms with E-state index in [2.05, 4.69) is 32.7 Å². The summed E-state index contributed by atoms with van der Waals surface area (Å²) in [7, 11) is 2.32. The summed E-state index contributed by atoms with van der Waals surface area (Å²) >= 11 is 0. The van der Waals surface area contributed by atoms with Gasteiger partial charge in [0, 0.05) is 36.2 Å². The molecule has 2 aromatic carbocycles. The predicted molar refractivity (Wildman–Crippen MR) is 135 cm³/mol. The third-order valence-corrected chi connectivity index (χ3v) is 6.99. The lowest BCUT2D eigenvalue weighted by Crippen LogP contribution is -2.44. The SMILES string of the molecule is C=C(CC(c1ccccc1)C(C)C(=O)c1ccc(OCC[N+]2(C)CCC(C)C2)cc1)OCC. The number of allylic oxidation sites excluding steroid dienone is 1. The average Bonchev–Trinajstić information content (AvgIpc) is 3.16. The van der Waals surface area contributed by atoms with Gasteiger partial charge >= 0.3 is 0 Å². The monoisotopic (exact) mass is 450 g/mol. The molecule has 3 rings (SSSR count). The van der Waals surface area contributed by atoms with Crippen LogP contribution in [0.2, 0.25) is 0 Å². The minimum Gasteiger partial charge on any atom is -0.499 e. The molecule has 0 spiro atoms. The molecule has 4 unspecified atom stereocenters. The van der Waals surface area contributed by atoms with Gasteiger partial charge in [-0.2, -0.15) is 0 Å². The highest BCUT2D eigenvalue weighted by Gasteiger charge is 2.31. The topological polar surface area (TPSA) is 35.5 Å². The van der Waals surface area contributed by atoms with Gasteiger partial charge in [-0.25, -0.2) is 0 Å². The zero-order valence-electron chi connectivity index (χ0n) is 20.8. The van der Waals surface area contributed by atoms with Gasteiger partial charge in [-0.1, -0.05) is 50.8 Å². The summed E-state index contributed by atoms with van der Waals surface area (Å²) in [6.45, 7) is 15.1. The number of Topliss-reactive ketones (excluding diaryl/α,β-unsaturated/α-hetero) is 1. The van der Waals surface area contributed by atoms with Crippen molar-refractivity contribution in [3.05, 3.63) is 78.1 Å². The lowest BCUT2D eigenvalue weighted by Gasteiger charge is -2.29. The number of hydrogen-bond donors (Lipinski definition) is 0. The highest BCUT2D eigenvalue weighted by atomic mass is 16.5. The Morgan fingerprint density at radius 1 is 1.15 bits per heavy atom. The second kappa shape index (κ2) is 11.5. The Kier molecular flexibility index (Phi) is 8.74. The quantitative estimate of drug-likeness (QED) is 0.223. The molecule has 0 aromatic heterocycles. The molecule has 4 nitrogen and oxygen atoms in total. The zero-order valence-corrected chi connectivity index (χ0v) is 20.8. The molecule has 1 saturated heterocycles. The molecular weight excluding hydrogens is 410 g/mol. The number of ether oxygens (including phenoxy) is 2. The van der Waals surface area contributed by atoms with Crippen LogP contribution in [0.3, 0.4) is 0 Å². The van der Waals surface area contributed by atoms with E-state index in [9.17, 15) is 4.79 Å². The lowest BCUT2D eigenvalue weighted by atomic mass is 9.80. The van der Waals surface area contributed by atoms with Gasteiger partial charge in [0.1, 0.15) is 18.9 Å². The van der Waals surface area contributed by atoms with E-state index >= 15 is 0 Å². The minimum atomic E-state index is -0.196. The number of hydrogen-bond acceptors (Lipinski definition) is 3. The fourth-order valence-electron chi connectivity index (χ4n) is 5.01. The highest BCUT2D eigenvalue weighted by molar-refractivity contribution is 5.98. The summed E-state index contributed by atoms with van der Waals surface area (Å²) in [6, 6.07) is 17.8. The second-order valence-corrected chi connectivity index (χ2v) is 9.86. The van der Waals surface area contributed by atoms with Crippen molar-refractivity contribution in [3.63, 3.8) is 0 Å². The fourth-order valence-corrected chi connectivity index (χ4v) is 5.01. The number of likely N-dealkylation sites (tertiary alicyclic amines) is 1. The number of likely N-dealkylation sites (N-methyl/N-ethyl adjacent to an activating group) is 1. The van der Waals surface area contributed by atoms with Crippen molar-refractivity contribution < 1.29 is 18.8 Å². The number of ketones is 1. The Bertz CT molecular complexity index is 908. The van der Waals surface area contributed by atoms with Crippen LogP contribution in [0.4, 0.5) is 0 Å². The van der Waals surface area contributed by atoms with Gasteiger partial charge in [0.15, 0.2) is 5.78 Å². The van der Waals surface area contributed by atoms with Crippen molar-refractivity contribution >= 4 is 5.78 Å². The second-order valence-electron chi connectivity index (χ2n) is 9.86. The van der Waals surface area contributed by atoms with Crippen LogP contribution >= 0.6 is 0 Å². The Morgan fingerprint density at radius 2 is 1.85 bits per heavy atom. The molecule has 2 aromatic rings. The molecule has 0 amide bonds. The number of carbonyl (C=O) groups is 1. The Morgan fingerprint density at radius 3 is 2.45 bits per heavy atom. The molecule has 0 radical (unpaired) electrons. The number of rotatable bonds is 12. The Hall–Kier alpha value is -2.59. The fraction of sp³-hybridized carbons (Fsp3) is 0.483. The first kappa shape index (κ1) is 25.0. The molecule has 0 N–H and O–H groups in total. The summed E-state index contributed by atoms with van der Waals surface area (Å²) in [6.07, 6.45) is 1.93. The summed E-state index contributed by atoms with van der Waals surface area (Å²) < 4.78 is 12.7. The largest absolute Gasteiger partial charge is 0.499 e. The van der Waals surface area contributed by atoms with E-state index in [1.807, 2.05) is 56.3 Å². The summed E-state index contributed by atoms with van der Waals surface area (Å²) in [5.41, 5.74) is 1.84. The van der Waals surface area contributed by atoms with Gasteiger partial charge in [0.25, 0.3) is 0 Å². The summed E-state index contributed by atoms with van der Waals surface area (Å²) in [5, 5.41) is 0. The van der Waals surface area contributed by atoms with Crippen molar-refractivity contribution in [3.8, 4) is 5.75 Å². The van der Waals surface area contributed by atoms with E-state index in [0.717, 1.165) is 34.0 Å². The molecule has 1 heterocycles. The highest BCUT2D eigenvalue weighted by Crippen LogP contribution is 2.33. The molecule has 33 heavy (non-hydrogen) atoms. The van der Waals surface area contributed by atoms with Crippen molar-refractivity contribution in [2.45, 2.75) is 39.5 Å². The molecular formula is C29H40NO3+. The number of benzene rings is 2. The van der Waals surface area contributed by atoms with Crippen molar-refractivity contribution in [1.29, 1.82) is 0 Å².